The maximum absolute atomic E-state index is 11.5. The van der Waals surface area contributed by atoms with Gasteiger partial charge < -0.3 is 168 Å². The van der Waals surface area contributed by atoms with Crippen LogP contribution in [0.2, 0.25) is 0 Å². The van der Waals surface area contributed by atoms with Gasteiger partial charge in [-0.25, -0.2) is 0 Å². The Morgan fingerprint density at radius 3 is 0.544 bits per heavy atom. The van der Waals surface area contributed by atoms with Gasteiger partial charge in [-0.2, -0.15) is 0 Å². The molecule has 0 amide bonds. The second kappa shape index (κ2) is 26.9. The first-order valence-electron chi connectivity index (χ1n) is 25.0. The highest BCUT2D eigenvalue weighted by molar-refractivity contribution is 5.02. The fourth-order valence-electron chi connectivity index (χ4n) is 10.5. The van der Waals surface area contributed by atoms with Crippen molar-refractivity contribution in [1.29, 1.82) is 0 Å². The number of nitrogens with zero attached hydrogens (tertiary/aromatic N) is 3. The predicted molar refractivity (Wildman–Crippen MR) is 235 cm³/mol. The van der Waals surface area contributed by atoms with Crippen molar-refractivity contribution in [3.63, 3.8) is 0 Å². The molecule has 21 aliphatic rings. The molecule has 0 saturated carbocycles. The molecular weight excluding hydrogens is 1090 g/mol. The van der Waals surface area contributed by atoms with Crippen molar-refractivity contribution in [1.82, 2.24) is 0 Å². The van der Waals surface area contributed by atoms with E-state index in [4.69, 9.17) is 66.3 Å². The minimum absolute atomic E-state index is 0.745. The van der Waals surface area contributed by atoms with Crippen LogP contribution in [0.3, 0.4) is 0 Å². The fourth-order valence-corrected chi connectivity index (χ4v) is 10.5. The van der Waals surface area contributed by atoms with Gasteiger partial charge in [0.2, 0.25) is 0 Å². The number of azide groups is 1. The minimum Gasteiger partial charge on any atom is -0.394 e. The molecule has 0 aliphatic carbocycles. The van der Waals surface area contributed by atoms with Crippen LogP contribution in [-0.2, 0) is 66.3 Å². The first-order valence-corrected chi connectivity index (χ1v) is 25.0. The highest BCUT2D eigenvalue weighted by Crippen LogP contribution is 2.39. The first kappa shape index (κ1) is 63.0. The van der Waals surface area contributed by atoms with Gasteiger partial charge in [0, 0.05) is 4.91 Å². The Labute approximate surface area is 444 Å². The lowest BCUT2D eigenvalue weighted by atomic mass is 9.95. The second-order valence-corrected chi connectivity index (χ2v) is 19.9. The molecule has 37 heteroatoms. The average molecular weight is 1160 g/mol. The van der Waals surface area contributed by atoms with E-state index in [0.717, 1.165) is 0 Å². The van der Waals surface area contributed by atoms with Crippen molar-refractivity contribution in [2.24, 2.45) is 5.11 Å². The van der Waals surface area contributed by atoms with Gasteiger partial charge in [0.15, 0.2) is 44.0 Å². The molecule has 79 heavy (non-hydrogen) atoms. The summed E-state index contributed by atoms with van der Waals surface area (Å²) in [6.45, 7) is -7.08. The molecule has 0 aromatic heterocycles. The second-order valence-electron chi connectivity index (χ2n) is 19.9. The summed E-state index contributed by atoms with van der Waals surface area (Å²) < 4.78 is 79.9. The predicted octanol–water partition coefficient (Wildman–Crippen LogP) is -13.9. The molecule has 456 valence electrons. The smallest absolute Gasteiger partial charge is 0.187 e. The summed E-state index contributed by atoms with van der Waals surface area (Å²) in [7, 11) is 0. The van der Waals surface area contributed by atoms with Crippen LogP contribution in [0, 0.1) is 0 Å². The van der Waals surface area contributed by atoms with E-state index >= 15 is 0 Å². The van der Waals surface area contributed by atoms with Crippen molar-refractivity contribution < 1.29 is 168 Å². The van der Waals surface area contributed by atoms with Gasteiger partial charge in [0.1, 0.15) is 165 Å². The summed E-state index contributed by atoms with van der Waals surface area (Å²) in [4.78, 5) is 2.64. The Bertz CT molecular complexity index is 1960. The van der Waals surface area contributed by atoms with Crippen LogP contribution in [0.1, 0.15) is 0 Å². The average Bonchev–Trinajstić information content (AvgIpc) is 3.52. The number of ether oxygens (including phenoxy) is 14. The largest absolute Gasteiger partial charge is 0.394 e. The van der Waals surface area contributed by atoms with Crippen molar-refractivity contribution in [2.45, 2.75) is 215 Å². The summed E-state index contributed by atoms with van der Waals surface area (Å²) in [5.74, 6) is 0. The van der Waals surface area contributed by atoms with Crippen LogP contribution in [-0.4, -0.2) is 363 Å². The molecule has 0 aromatic carbocycles. The van der Waals surface area contributed by atoms with Crippen LogP contribution >= 0.6 is 0 Å². The van der Waals surface area contributed by atoms with Crippen LogP contribution in [0.4, 0.5) is 0 Å². The summed E-state index contributed by atoms with van der Waals surface area (Å²) in [6.07, 6.45) is -70.7. The van der Waals surface area contributed by atoms with Gasteiger partial charge >= 0.3 is 0 Å². The van der Waals surface area contributed by atoms with Gasteiger partial charge in [-0.05, 0) is 5.53 Å². The van der Waals surface area contributed by atoms with Crippen LogP contribution in [0.15, 0.2) is 5.11 Å². The SMILES string of the molecule is [N-]=[N+]=NC[C@H]1O[C@@H]2O[C@H]3[C@H](O)[C@@H](O)[C@@H](O[C@H]4[C@H](O)[C@@H](O)[C@@H](O[C@H]5[C@H](O)[C@@H](O)[C@@H](O[C@H]6[C@H](O)[C@@H](O)[C@@H](O[C@H]7[C@H](O)[C@@H](O)[C@@H](O[C@H]8[C@H](O)[C@@H](O)[C@@H](O[C@H]1[C@@H](O)[C@@H]2O)O[C@@H]8CO)O[C@@H]7CO)O[C@@H]6CO)O[C@@H]5CO)O[C@@H]4CO)O[C@@H]3CO. The molecule has 0 unspecified atom stereocenters. The van der Waals surface area contributed by atoms with Crippen LogP contribution in [0.25, 0.3) is 10.4 Å². The van der Waals surface area contributed by atoms with E-state index in [1.807, 2.05) is 0 Å². The molecule has 35 atom stereocenters. The molecule has 0 radical (unpaired) electrons. The lowest BCUT2D eigenvalue weighted by molar-refractivity contribution is -0.396. The van der Waals surface area contributed by atoms with E-state index in [-0.39, 0.29) is 0 Å². The van der Waals surface area contributed by atoms with E-state index in [0.29, 0.717) is 0 Å². The third kappa shape index (κ3) is 12.5. The molecule has 0 spiro atoms. The monoisotopic (exact) mass is 1160 g/mol. The zero-order chi connectivity index (χ0) is 57.5. The van der Waals surface area contributed by atoms with Gasteiger partial charge in [-0.1, -0.05) is 5.11 Å². The highest BCUT2D eigenvalue weighted by Gasteiger charge is 2.59. The van der Waals surface area contributed by atoms with Crippen LogP contribution in [0.5, 0.6) is 0 Å². The topological polar surface area (TPSA) is 583 Å². The molecule has 14 bridgehead atoms. The van der Waals surface area contributed by atoms with E-state index in [2.05, 4.69) is 10.0 Å². The molecule has 21 heterocycles. The minimum atomic E-state index is -2.23. The molecule has 37 nitrogen and oxygen atoms in total. The lowest BCUT2D eigenvalue weighted by Gasteiger charge is -2.50. The van der Waals surface area contributed by atoms with Crippen molar-refractivity contribution in [3.8, 4) is 0 Å². The summed E-state index contributed by atoms with van der Waals surface area (Å²) in [6, 6.07) is 0. The molecule has 20 N–H and O–H groups in total. The van der Waals surface area contributed by atoms with Crippen LogP contribution < -0.4 is 0 Å². The zero-order valence-electron chi connectivity index (χ0n) is 41.2. The number of hydrogen-bond donors (Lipinski definition) is 20. The standard InChI is InChI=1S/C42H69N3O34/c43-45-44-1-8-29-15(52)22(59)36(66-8)74-30-9(2-46)68-38(24(61)17(30)54)76-32-11(4-48)70-40(26(63)19(32)56)78-34-13(6-50)72-42(28(65)21(34)58)79-35-14(7-51)71-41(27(64)20(35)57)77-33-12(5-49)69-39(25(62)18(33)55)75-31-10(3-47)67-37(73-29)23(60)16(31)53/h8-42,46-65H,1-7H2/t8-,9-,10-,11-,12-,13-,14-,15+,16-,17-,18-,19-,20-,21-,22+,23-,24-,25-,26-,27-,28-,29-,30-,31-,32-,33-,34-,35-,36-,37-,38-,39-,40-,41-,42-/m1/s1. The Morgan fingerprint density at radius 1 is 0.241 bits per heavy atom. The van der Waals surface area contributed by atoms with E-state index < -0.39 is 261 Å². The molecular formula is C42H69N3O34. The highest BCUT2D eigenvalue weighted by atomic mass is 16.8. The molecule has 21 aliphatic heterocycles. The van der Waals surface area contributed by atoms with Crippen molar-refractivity contribution in [2.75, 3.05) is 46.2 Å². The Morgan fingerprint density at radius 2 is 0.392 bits per heavy atom. The van der Waals surface area contributed by atoms with E-state index in [9.17, 15) is 108 Å². The van der Waals surface area contributed by atoms with E-state index in [1.54, 1.807) is 0 Å². The normalized spacial score (nSPS) is 54.1. The molecule has 0 aromatic rings. The zero-order valence-corrected chi connectivity index (χ0v) is 41.2. The molecule has 21 saturated heterocycles. The summed E-state index contributed by atoms with van der Waals surface area (Å²) >= 11 is 0. The summed E-state index contributed by atoms with van der Waals surface area (Å²) in [5.41, 5.74) is 9.19. The van der Waals surface area contributed by atoms with E-state index in [1.165, 1.54) is 0 Å². The number of hydrogen-bond acceptors (Lipinski definition) is 35. The Hall–Kier alpha value is -2.05. The third-order valence-corrected chi connectivity index (χ3v) is 14.9. The Balaban J connectivity index is 1.09. The third-order valence-electron chi connectivity index (χ3n) is 14.9. The maximum atomic E-state index is 11.5. The number of aliphatic hydroxyl groups excluding tert-OH is 20. The Kier molecular flexibility index (Phi) is 21.4. The first-order chi connectivity index (χ1) is 37.7. The lowest BCUT2D eigenvalue weighted by Crippen LogP contribution is -2.68. The van der Waals surface area contributed by atoms with Gasteiger partial charge in [-0.3, -0.25) is 0 Å². The molecule has 21 rings (SSSR count). The van der Waals surface area contributed by atoms with Gasteiger partial charge in [-0.15, -0.1) is 0 Å². The number of rotatable bonds is 8. The maximum Gasteiger partial charge on any atom is 0.187 e. The molecule has 21 fully saturated rings. The summed E-state index contributed by atoms with van der Waals surface area (Å²) in [5, 5.41) is 224. The van der Waals surface area contributed by atoms with Crippen molar-refractivity contribution >= 4 is 0 Å². The fraction of sp³-hybridized carbons (Fsp3) is 1.00. The van der Waals surface area contributed by atoms with Crippen molar-refractivity contribution in [3.05, 3.63) is 10.4 Å². The van der Waals surface area contributed by atoms with Gasteiger partial charge in [0.05, 0.1) is 52.3 Å². The van der Waals surface area contributed by atoms with Gasteiger partial charge in [0.25, 0.3) is 0 Å². The quantitative estimate of drug-likeness (QED) is 0.0610. The number of aliphatic hydroxyl groups is 20.